The van der Waals surface area contributed by atoms with E-state index in [2.05, 4.69) is 22.0 Å². The second-order valence-electron chi connectivity index (χ2n) is 8.75. The largest absolute Gasteiger partial charge is 0.494 e. The quantitative estimate of drug-likeness (QED) is 0.501. The van der Waals surface area contributed by atoms with Gasteiger partial charge in [0.15, 0.2) is 0 Å². The van der Waals surface area contributed by atoms with E-state index in [-0.39, 0.29) is 6.10 Å². The summed E-state index contributed by atoms with van der Waals surface area (Å²) in [7, 11) is 0. The summed E-state index contributed by atoms with van der Waals surface area (Å²) in [4.78, 5) is 12.3. The number of nitrogens with two attached hydrogens (primary N) is 1. The maximum atomic E-state index is 12.3. The van der Waals surface area contributed by atoms with Gasteiger partial charge in [-0.25, -0.2) is 4.79 Å². The number of fused-ring (bicyclic) bond motifs is 1. The van der Waals surface area contributed by atoms with Gasteiger partial charge in [-0.1, -0.05) is 12.1 Å². The number of rotatable bonds is 6. The first-order valence-electron chi connectivity index (χ1n) is 11.9. The van der Waals surface area contributed by atoms with E-state index in [1.165, 1.54) is 6.42 Å². The van der Waals surface area contributed by atoms with Crippen molar-refractivity contribution in [1.29, 1.82) is 0 Å². The van der Waals surface area contributed by atoms with Crippen LogP contribution >= 0.6 is 0 Å². The van der Waals surface area contributed by atoms with Crippen LogP contribution < -0.4 is 15.8 Å². The number of nitrogen functional groups attached to an aromatic ring is 1. The first-order chi connectivity index (χ1) is 16.1. The van der Waals surface area contributed by atoms with Crippen LogP contribution in [0.3, 0.4) is 0 Å². The molecule has 0 atom stereocenters. The molecule has 1 aromatic heterocycles. The molecule has 1 saturated heterocycles. The van der Waals surface area contributed by atoms with Crippen LogP contribution in [0.5, 0.6) is 5.75 Å². The molecule has 174 valence electrons. The minimum absolute atomic E-state index is 0.0856. The molecule has 0 bridgehead atoms. The summed E-state index contributed by atoms with van der Waals surface area (Å²) in [5.74, 6) is 0.859. The predicted molar refractivity (Wildman–Crippen MR) is 130 cm³/mol. The Labute approximate surface area is 193 Å². The van der Waals surface area contributed by atoms with E-state index in [0.717, 1.165) is 59.3 Å². The van der Waals surface area contributed by atoms with Gasteiger partial charge < -0.3 is 24.5 Å². The number of ether oxygens (including phenoxy) is 3. The van der Waals surface area contributed by atoms with E-state index in [1.807, 2.05) is 37.3 Å². The molecule has 2 aromatic carbocycles. The standard InChI is InChI=1S/C26H31N3O4/c1-2-32-21-10-11-22-23(16-21)29(19-4-3-5-19)25(24(22)27)17-6-8-18(9-7-17)28-26(30)33-20-12-14-31-15-13-20/h6-11,16,19-20H,2-5,12-15,27H2,1H3,(H,28,30). The fourth-order valence-corrected chi connectivity index (χ4v) is 4.70. The highest BCUT2D eigenvalue weighted by Crippen LogP contribution is 2.44. The van der Waals surface area contributed by atoms with E-state index in [1.54, 1.807) is 0 Å². The summed E-state index contributed by atoms with van der Waals surface area (Å²) in [6, 6.07) is 14.4. The van der Waals surface area contributed by atoms with Crippen LogP contribution in [-0.4, -0.2) is 36.6 Å². The Kier molecular flexibility index (Phi) is 6.13. The third-order valence-electron chi connectivity index (χ3n) is 6.61. The van der Waals surface area contributed by atoms with Crippen LogP contribution in [0, 0.1) is 0 Å². The van der Waals surface area contributed by atoms with Crippen molar-refractivity contribution in [3.05, 3.63) is 42.5 Å². The van der Waals surface area contributed by atoms with Gasteiger partial charge in [-0.2, -0.15) is 0 Å². The van der Waals surface area contributed by atoms with Crippen molar-refractivity contribution in [3.63, 3.8) is 0 Å². The number of carbonyl (C=O) groups is 1. The summed E-state index contributed by atoms with van der Waals surface area (Å²) in [6.45, 7) is 3.89. The normalized spacial score (nSPS) is 17.0. The number of benzene rings is 2. The molecule has 0 radical (unpaired) electrons. The molecule has 7 nitrogen and oxygen atoms in total. The number of nitrogens with one attached hydrogen (secondary N) is 1. The highest BCUT2D eigenvalue weighted by atomic mass is 16.6. The Balaban J connectivity index is 1.41. The summed E-state index contributed by atoms with van der Waals surface area (Å²) < 4.78 is 18.9. The molecule has 2 heterocycles. The second-order valence-corrected chi connectivity index (χ2v) is 8.75. The van der Waals surface area contributed by atoms with Gasteiger partial charge in [-0.05, 0) is 50.5 Å². The van der Waals surface area contributed by atoms with Gasteiger partial charge >= 0.3 is 6.09 Å². The number of hydrogen-bond donors (Lipinski definition) is 2. The highest BCUT2D eigenvalue weighted by molar-refractivity contribution is 6.01. The number of aromatic nitrogens is 1. The number of nitrogens with zero attached hydrogens (tertiary/aromatic N) is 1. The number of carbonyl (C=O) groups excluding carboxylic acids is 1. The van der Waals surface area contributed by atoms with Gasteiger partial charge in [0.25, 0.3) is 0 Å². The van der Waals surface area contributed by atoms with Crippen molar-refractivity contribution < 1.29 is 19.0 Å². The Morgan fingerprint density at radius 3 is 2.55 bits per heavy atom. The fraction of sp³-hybridized carbons (Fsp3) is 0.423. The molecule has 33 heavy (non-hydrogen) atoms. The van der Waals surface area contributed by atoms with Crippen molar-refractivity contribution in [3.8, 4) is 17.0 Å². The molecule has 0 unspecified atom stereocenters. The minimum atomic E-state index is -0.429. The zero-order valence-electron chi connectivity index (χ0n) is 19.0. The summed E-state index contributed by atoms with van der Waals surface area (Å²) in [5, 5.41) is 3.88. The van der Waals surface area contributed by atoms with Crippen molar-refractivity contribution in [2.75, 3.05) is 30.9 Å². The molecule has 7 heteroatoms. The van der Waals surface area contributed by atoms with E-state index < -0.39 is 6.09 Å². The average Bonchev–Trinajstić information content (AvgIpc) is 3.06. The van der Waals surface area contributed by atoms with E-state index >= 15 is 0 Å². The first-order valence-corrected chi connectivity index (χ1v) is 11.9. The van der Waals surface area contributed by atoms with Crippen molar-refractivity contribution in [1.82, 2.24) is 4.57 Å². The van der Waals surface area contributed by atoms with Crippen LogP contribution in [0.25, 0.3) is 22.2 Å². The van der Waals surface area contributed by atoms with Gasteiger partial charge in [0.2, 0.25) is 0 Å². The Hall–Kier alpha value is -3.19. The van der Waals surface area contributed by atoms with E-state index in [9.17, 15) is 4.79 Å². The lowest BCUT2D eigenvalue weighted by Crippen LogP contribution is -2.28. The molecule has 5 rings (SSSR count). The van der Waals surface area contributed by atoms with Gasteiger partial charge in [0.1, 0.15) is 11.9 Å². The maximum absolute atomic E-state index is 12.3. The van der Waals surface area contributed by atoms with Crippen LogP contribution in [-0.2, 0) is 9.47 Å². The van der Waals surface area contributed by atoms with Crippen LogP contribution in [0.15, 0.2) is 42.5 Å². The summed E-state index contributed by atoms with van der Waals surface area (Å²) in [6.07, 6.45) is 4.48. The topological polar surface area (TPSA) is 87.7 Å². The minimum Gasteiger partial charge on any atom is -0.494 e. The molecule has 1 amide bonds. The summed E-state index contributed by atoms with van der Waals surface area (Å²) in [5.41, 5.74) is 11.3. The van der Waals surface area contributed by atoms with Crippen LogP contribution in [0.2, 0.25) is 0 Å². The molecule has 1 aliphatic carbocycles. The zero-order valence-corrected chi connectivity index (χ0v) is 19.0. The lowest BCUT2D eigenvalue weighted by atomic mass is 9.92. The predicted octanol–water partition coefficient (Wildman–Crippen LogP) is 5.74. The van der Waals surface area contributed by atoms with E-state index in [0.29, 0.717) is 31.5 Å². The lowest BCUT2D eigenvalue weighted by molar-refractivity contribution is 0.00592. The van der Waals surface area contributed by atoms with Crippen molar-refractivity contribution in [2.24, 2.45) is 0 Å². The fourth-order valence-electron chi connectivity index (χ4n) is 4.70. The van der Waals surface area contributed by atoms with Crippen molar-refractivity contribution >= 4 is 28.4 Å². The summed E-state index contributed by atoms with van der Waals surface area (Å²) >= 11 is 0. The SMILES string of the molecule is CCOc1ccc2c(N)c(-c3ccc(NC(=O)OC4CCOCC4)cc3)n(C3CCC3)c2c1. The zero-order chi connectivity index (χ0) is 22.8. The Morgan fingerprint density at radius 1 is 1.12 bits per heavy atom. The van der Waals surface area contributed by atoms with Gasteiger partial charge in [-0.15, -0.1) is 0 Å². The smallest absolute Gasteiger partial charge is 0.411 e. The Bertz CT molecular complexity index is 1130. The monoisotopic (exact) mass is 449 g/mol. The molecule has 2 fully saturated rings. The molecular formula is C26H31N3O4. The van der Waals surface area contributed by atoms with E-state index in [4.69, 9.17) is 19.9 Å². The average molecular weight is 450 g/mol. The third-order valence-corrected chi connectivity index (χ3v) is 6.61. The Morgan fingerprint density at radius 2 is 1.88 bits per heavy atom. The van der Waals surface area contributed by atoms with Crippen LogP contribution in [0.4, 0.5) is 16.2 Å². The molecule has 3 aromatic rings. The van der Waals surface area contributed by atoms with Crippen LogP contribution in [0.1, 0.15) is 45.1 Å². The molecule has 3 N–H and O–H groups in total. The third kappa shape index (κ3) is 4.37. The number of amides is 1. The second kappa shape index (κ2) is 9.35. The molecule has 0 spiro atoms. The molecule has 2 aliphatic rings. The first kappa shape index (κ1) is 21.6. The van der Waals surface area contributed by atoms with Gasteiger partial charge in [0.05, 0.1) is 36.7 Å². The highest BCUT2D eigenvalue weighted by Gasteiger charge is 2.27. The molecular weight excluding hydrogens is 418 g/mol. The lowest BCUT2D eigenvalue weighted by Gasteiger charge is -2.30. The van der Waals surface area contributed by atoms with Gasteiger partial charge in [0, 0.05) is 41.6 Å². The van der Waals surface area contributed by atoms with Gasteiger partial charge in [-0.3, -0.25) is 5.32 Å². The van der Waals surface area contributed by atoms with Crippen molar-refractivity contribution in [2.45, 2.75) is 51.2 Å². The number of hydrogen-bond acceptors (Lipinski definition) is 5. The number of anilines is 2. The molecule has 1 saturated carbocycles. The molecule has 1 aliphatic heterocycles. The maximum Gasteiger partial charge on any atom is 0.411 e.